The van der Waals surface area contributed by atoms with Crippen molar-refractivity contribution < 1.29 is 73.6 Å². The van der Waals surface area contributed by atoms with E-state index in [0.717, 1.165) is 37.2 Å². The first-order chi connectivity index (χ1) is 26.9. The highest BCUT2D eigenvalue weighted by atomic mass is 32.2. The quantitative estimate of drug-likeness (QED) is 0.0561. The van der Waals surface area contributed by atoms with Gasteiger partial charge in [-0.2, -0.15) is 26.3 Å². The van der Waals surface area contributed by atoms with Gasteiger partial charge in [0.05, 0.1) is 28.9 Å². The molecule has 0 aromatic heterocycles. The molecular formula is C36H41F6N5O10S. The second-order valence-corrected chi connectivity index (χ2v) is 13.9. The van der Waals surface area contributed by atoms with Crippen molar-refractivity contribution in [2.45, 2.75) is 62.5 Å². The summed E-state index contributed by atoms with van der Waals surface area (Å²) in [6, 6.07) is 19.2. The van der Waals surface area contributed by atoms with E-state index < -0.39 is 46.3 Å². The van der Waals surface area contributed by atoms with Crippen molar-refractivity contribution in [3.63, 3.8) is 0 Å². The third-order valence-electron chi connectivity index (χ3n) is 7.70. The fourth-order valence-electron chi connectivity index (χ4n) is 4.85. The van der Waals surface area contributed by atoms with Crippen molar-refractivity contribution in [1.82, 2.24) is 9.62 Å². The van der Waals surface area contributed by atoms with Gasteiger partial charge in [-0.1, -0.05) is 24.3 Å². The summed E-state index contributed by atoms with van der Waals surface area (Å²) in [4.78, 5) is 31.8. The number of likely N-dealkylation sites (tertiary alicyclic amines) is 1. The van der Waals surface area contributed by atoms with Crippen LogP contribution in [0.5, 0.6) is 11.5 Å². The zero-order valence-electron chi connectivity index (χ0n) is 30.9. The predicted octanol–water partition coefficient (Wildman–Crippen LogP) is 5.22. The Morgan fingerprint density at radius 2 is 1.41 bits per heavy atom. The summed E-state index contributed by atoms with van der Waals surface area (Å²) in [5, 5.41) is 29.7. The Morgan fingerprint density at radius 1 is 0.879 bits per heavy atom. The molecule has 0 aliphatic carbocycles. The Bertz CT molecular complexity index is 1950. The van der Waals surface area contributed by atoms with E-state index in [-0.39, 0.29) is 35.6 Å². The molecule has 1 aliphatic rings. The molecule has 4 rings (SSSR count). The lowest BCUT2D eigenvalue weighted by Crippen LogP contribution is -2.40. The number of benzene rings is 3. The number of halogens is 6. The minimum absolute atomic E-state index is 0.00197. The van der Waals surface area contributed by atoms with Gasteiger partial charge in [0.1, 0.15) is 30.0 Å². The Morgan fingerprint density at radius 3 is 1.88 bits per heavy atom. The van der Waals surface area contributed by atoms with E-state index in [2.05, 4.69) is 4.72 Å². The Kier molecular flexibility index (Phi) is 17.9. The molecule has 318 valence electrons. The van der Waals surface area contributed by atoms with Crippen LogP contribution < -0.4 is 19.9 Å². The Balaban J connectivity index is 0.000000707. The van der Waals surface area contributed by atoms with Gasteiger partial charge in [-0.05, 0) is 74.4 Å². The molecule has 1 fully saturated rings. The number of alkyl halides is 6. The van der Waals surface area contributed by atoms with Gasteiger partial charge in [0.2, 0.25) is 10.0 Å². The number of carboxylic acids is 2. The first-order valence-electron chi connectivity index (χ1n) is 17.0. The largest absolute Gasteiger partial charge is 0.492 e. The summed E-state index contributed by atoms with van der Waals surface area (Å²) in [6.45, 7) is 5.30. The van der Waals surface area contributed by atoms with Crippen molar-refractivity contribution in [3.8, 4) is 11.5 Å². The van der Waals surface area contributed by atoms with Gasteiger partial charge >= 0.3 is 30.3 Å². The monoisotopic (exact) mass is 849 g/mol. The third-order valence-corrected chi connectivity index (χ3v) is 9.24. The molecule has 0 spiro atoms. The number of nitrogens with one attached hydrogen (secondary N) is 3. The van der Waals surface area contributed by atoms with Crippen molar-refractivity contribution >= 4 is 39.6 Å². The minimum Gasteiger partial charge on any atom is -0.492 e. The van der Waals surface area contributed by atoms with Crippen LogP contribution in [0.2, 0.25) is 0 Å². The van der Waals surface area contributed by atoms with Crippen LogP contribution in [0.15, 0.2) is 77.7 Å². The van der Waals surface area contributed by atoms with E-state index in [1.54, 1.807) is 38.1 Å². The number of carboxylic acid groups (broad SMARTS) is 2. The molecule has 1 aliphatic heterocycles. The number of nitrogen functional groups attached to an aromatic ring is 1. The second kappa shape index (κ2) is 21.6. The average molecular weight is 850 g/mol. The fourth-order valence-corrected chi connectivity index (χ4v) is 6.07. The topological polar surface area (TPSA) is 242 Å². The van der Waals surface area contributed by atoms with Crippen LogP contribution in [0.25, 0.3) is 0 Å². The number of amidine groups is 2. The molecule has 0 saturated carbocycles. The fraction of sp³-hybridized carbons (Fsp3) is 0.361. The third kappa shape index (κ3) is 16.7. The number of carbonyl (C=O) groups is 3. The molecule has 58 heavy (non-hydrogen) atoms. The molecule has 0 radical (unpaired) electrons. The number of ether oxygens (including phenoxy) is 3. The van der Waals surface area contributed by atoms with Gasteiger partial charge in [-0.25, -0.2) is 27.5 Å². The SMILES string of the molecule is CCOC(=O)c1ccc(S(=O)(=O)N[C@H](COc2cccc(C(=N)N)c2)Cc2ccc(OC3CCN(C(C)=N)CC3)cc2)cc1.O=C(O)C(F)(F)F.O=C(O)C(F)(F)F. The number of hydrogen-bond acceptors (Lipinski definition) is 10. The van der Waals surface area contributed by atoms with E-state index in [9.17, 15) is 39.6 Å². The lowest BCUT2D eigenvalue weighted by atomic mass is 10.1. The molecular weight excluding hydrogens is 808 g/mol. The molecule has 1 heterocycles. The van der Waals surface area contributed by atoms with E-state index in [1.165, 1.54) is 24.3 Å². The maximum Gasteiger partial charge on any atom is 0.490 e. The van der Waals surface area contributed by atoms with Crippen LogP contribution in [0.1, 0.15) is 48.2 Å². The van der Waals surface area contributed by atoms with E-state index in [4.69, 9.17) is 50.6 Å². The summed E-state index contributed by atoms with van der Waals surface area (Å²) in [7, 11) is -3.98. The van der Waals surface area contributed by atoms with Gasteiger partial charge in [-0.3, -0.25) is 10.8 Å². The van der Waals surface area contributed by atoms with Crippen LogP contribution in [-0.4, -0.2) is 104 Å². The molecule has 22 heteroatoms. The summed E-state index contributed by atoms with van der Waals surface area (Å²) >= 11 is 0. The number of sulfonamides is 1. The lowest BCUT2D eigenvalue weighted by Gasteiger charge is -2.32. The smallest absolute Gasteiger partial charge is 0.490 e. The standard InChI is InChI=1S/C32H39N5O6S.2C2HF3O2/c1-3-41-32(38)24-9-13-30(14-10-24)44(39,40)36-26(21-42-29-6-4-5-25(20-29)31(34)35)19-23-7-11-27(12-8-23)43-28-15-17-37(18-16-28)22(2)33;2*3-2(4,5)1(6)7/h4-14,20,26,28,33,36H,3,15-19,21H2,1-2H3,(H3,34,35);2*(H,6,7)/t26-;;/m0../s1. The normalized spacial score (nSPS) is 13.7. The molecule has 15 nitrogen and oxygen atoms in total. The van der Waals surface area contributed by atoms with Crippen LogP contribution >= 0.6 is 0 Å². The minimum atomic E-state index is -5.08. The first-order valence-corrected chi connectivity index (χ1v) is 18.4. The lowest BCUT2D eigenvalue weighted by molar-refractivity contribution is -0.193. The van der Waals surface area contributed by atoms with Gasteiger partial charge < -0.3 is 35.1 Å². The number of aliphatic carboxylic acids is 2. The van der Waals surface area contributed by atoms with E-state index >= 15 is 0 Å². The molecule has 0 bridgehead atoms. The summed E-state index contributed by atoms with van der Waals surface area (Å²) < 4.78 is 110. The predicted molar refractivity (Wildman–Crippen MR) is 196 cm³/mol. The Hall–Kier alpha value is -5.90. The zero-order chi connectivity index (χ0) is 43.8. The van der Waals surface area contributed by atoms with E-state index in [0.29, 0.717) is 23.6 Å². The summed E-state index contributed by atoms with van der Waals surface area (Å²) in [6.07, 6.45) is -8.09. The van der Waals surface area contributed by atoms with E-state index in [1.807, 2.05) is 29.2 Å². The van der Waals surface area contributed by atoms with Crippen LogP contribution in [0.3, 0.4) is 0 Å². The maximum absolute atomic E-state index is 13.4. The Labute approximate surface area is 328 Å². The number of nitrogens with two attached hydrogens (primary N) is 1. The summed E-state index contributed by atoms with van der Waals surface area (Å²) in [5.41, 5.74) is 7.24. The molecule has 3 aromatic rings. The molecule has 0 amide bonds. The van der Waals surface area contributed by atoms with Crippen molar-refractivity contribution in [3.05, 3.63) is 89.5 Å². The molecule has 3 aromatic carbocycles. The molecule has 0 unspecified atom stereocenters. The maximum atomic E-state index is 13.4. The highest BCUT2D eigenvalue weighted by molar-refractivity contribution is 7.89. The first kappa shape index (κ1) is 48.2. The second-order valence-electron chi connectivity index (χ2n) is 12.2. The van der Waals surface area contributed by atoms with Gasteiger partial charge in [0.15, 0.2) is 0 Å². The molecule has 1 saturated heterocycles. The van der Waals surface area contributed by atoms with Crippen LogP contribution in [0, 0.1) is 10.8 Å². The van der Waals surface area contributed by atoms with Gasteiger partial charge in [0.25, 0.3) is 0 Å². The number of esters is 1. The van der Waals surface area contributed by atoms with Crippen molar-refractivity contribution in [2.75, 3.05) is 26.3 Å². The molecule has 7 N–H and O–H groups in total. The summed E-state index contributed by atoms with van der Waals surface area (Å²) in [5.74, 6) is -4.38. The number of nitrogens with zero attached hydrogens (tertiary/aromatic N) is 1. The number of rotatable bonds is 13. The number of hydrogen-bond donors (Lipinski definition) is 6. The van der Waals surface area contributed by atoms with Gasteiger partial charge in [0, 0.05) is 31.5 Å². The molecule has 1 atom stereocenters. The van der Waals surface area contributed by atoms with Gasteiger partial charge in [-0.15, -0.1) is 0 Å². The highest BCUT2D eigenvalue weighted by Gasteiger charge is 2.39. The van der Waals surface area contributed by atoms with Crippen LogP contribution in [-0.2, 0) is 30.8 Å². The number of piperidine rings is 1. The van der Waals surface area contributed by atoms with Crippen LogP contribution in [0.4, 0.5) is 26.3 Å². The zero-order valence-corrected chi connectivity index (χ0v) is 31.7. The highest BCUT2D eigenvalue weighted by Crippen LogP contribution is 2.22. The van der Waals surface area contributed by atoms with Crippen molar-refractivity contribution in [2.24, 2.45) is 5.73 Å². The van der Waals surface area contributed by atoms with Crippen molar-refractivity contribution in [1.29, 1.82) is 10.8 Å². The number of carbonyl (C=O) groups excluding carboxylic acids is 1. The average Bonchev–Trinajstić information content (AvgIpc) is 3.15.